The second kappa shape index (κ2) is 12.6. The molecule has 0 aliphatic heterocycles. The van der Waals surface area contributed by atoms with Crippen LogP contribution in [0.3, 0.4) is 0 Å². The van der Waals surface area contributed by atoms with E-state index in [-0.39, 0.29) is 18.4 Å². The first-order valence-corrected chi connectivity index (χ1v) is 7.41. The van der Waals surface area contributed by atoms with Crippen molar-refractivity contribution in [2.75, 3.05) is 33.0 Å². The van der Waals surface area contributed by atoms with Crippen molar-refractivity contribution in [2.45, 2.75) is 40.2 Å². The topological polar surface area (TPSA) is 71.1 Å². The molecule has 0 spiro atoms. The van der Waals surface area contributed by atoms with Crippen LogP contribution in [0.15, 0.2) is 0 Å². The molecule has 0 aromatic rings. The van der Waals surface area contributed by atoms with Gasteiger partial charge in [-0.05, 0) is 13.3 Å². The standard InChI is InChI=1S/C15H27O6/c1-5-7-19-8-12(3)9-20-15(17)14(21-11-16)13(4)10-18-6-2/h12-14H,5-10H2,1-4H3. The van der Waals surface area contributed by atoms with E-state index < -0.39 is 12.1 Å². The van der Waals surface area contributed by atoms with Crippen molar-refractivity contribution in [3.63, 3.8) is 0 Å². The quantitative estimate of drug-likeness (QED) is 0.381. The smallest absolute Gasteiger partial charge is 0.418 e. The van der Waals surface area contributed by atoms with Crippen LogP contribution in [-0.2, 0) is 28.5 Å². The van der Waals surface area contributed by atoms with Gasteiger partial charge in [0.25, 0.3) is 0 Å². The van der Waals surface area contributed by atoms with E-state index in [4.69, 9.17) is 18.9 Å². The Balaban J connectivity index is 4.18. The summed E-state index contributed by atoms with van der Waals surface area (Å²) in [4.78, 5) is 22.3. The van der Waals surface area contributed by atoms with E-state index in [1.54, 1.807) is 6.92 Å². The summed E-state index contributed by atoms with van der Waals surface area (Å²) in [5.41, 5.74) is 0. The number of hydrogen-bond donors (Lipinski definition) is 0. The molecule has 0 heterocycles. The molecule has 3 unspecified atom stereocenters. The molecule has 0 aliphatic rings. The highest BCUT2D eigenvalue weighted by molar-refractivity contribution is 5.76. The lowest BCUT2D eigenvalue weighted by molar-refractivity contribution is -0.158. The van der Waals surface area contributed by atoms with Gasteiger partial charge in [-0.25, -0.2) is 9.59 Å². The average Bonchev–Trinajstić information content (AvgIpc) is 2.48. The molecule has 0 aromatic carbocycles. The van der Waals surface area contributed by atoms with Crippen molar-refractivity contribution >= 4 is 12.4 Å². The van der Waals surface area contributed by atoms with Crippen LogP contribution < -0.4 is 0 Å². The molecular formula is C15H27O6. The Kier molecular flexibility index (Phi) is 11.9. The van der Waals surface area contributed by atoms with Gasteiger partial charge in [0.2, 0.25) is 6.10 Å². The Morgan fingerprint density at radius 1 is 1.10 bits per heavy atom. The van der Waals surface area contributed by atoms with Gasteiger partial charge in [-0.3, -0.25) is 0 Å². The number of rotatable bonds is 13. The van der Waals surface area contributed by atoms with E-state index in [0.29, 0.717) is 26.4 Å². The van der Waals surface area contributed by atoms with Crippen LogP contribution in [-0.4, -0.2) is 51.6 Å². The molecule has 21 heavy (non-hydrogen) atoms. The zero-order valence-corrected chi connectivity index (χ0v) is 13.4. The predicted octanol–water partition coefficient (Wildman–Crippen LogP) is 1.72. The maximum atomic E-state index is 11.9. The van der Waals surface area contributed by atoms with E-state index in [9.17, 15) is 9.59 Å². The van der Waals surface area contributed by atoms with Crippen LogP contribution in [0.5, 0.6) is 0 Å². The van der Waals surface area contributed by atoms with Crippen molar-refractivity contribution in [3.8, 4) is 0 Å². The Bertz CT molecular complexity index is 281. The summed E-state index contributed by atoms with van der Waals surface area (Å²) < 4.78 is 20.5. The van der Waals surface area contributed by atoms with E-state index in [1.165, 1.54) is 6.47 Å². The number of carbonyl (C=O) groups is 1. The third kappa shape index (κ3) is 9.42. The Labute approximate surface area is 127 Å². The van der Waals surface area contributed by atoms with Gasteiger partial charge in [0.15, 0.2) is 0 Å². The van der Waals surface area contributed by atoms with Gasteiger partial charge >= 0.3 is 12.4 Å². The van der Waals surface area contributed by atoms with Crippen LogP contribution in [0.1, 0.15) is 34.1 Å². The average molecular weight is 303 g/mol. The molecule has 0 saturated carbocycles. The van der Waals surface area contributed by atoms with Crippen LogP contribution in [0.25, 0.3) is 0 Å². The Morgan fingerprint density at radius 3 is 2.38 bits per heavy atom. The lowest BCUT2D eigenvalue weighted by Gasteiger charge is -2.21. The second-order valence-electron chi connectivity index (χ2n) is 5.07. The minimum atomic E-state index is -0.988. The molecule has 1 radical (unpaired) electrons. The molecule has 0 fully saturated rings. The van der Waals surface area contributed by atoms with Crippen molar-refractivity contribution in [2.24, 2.45) is 11.8 Å². The zero-order valence-electron chi connectivity index (χ0n) is 13.4. The molecule has 0 bridgehead atoms. The first kappa shape index (κ1) is 19.9. The van der Waals surface area contributed by atoms with Gasteiger partial charge in [0.05, 0.1) is 19.8 Å². The molecule has 0 saturated heterocycles. The van der Waals surface area contributed by atoms with E-state index in [1.807, 2.05) is 20.8 Å². The van der Waals surface area contributed by atoms with Gasteiger partial charge < -0.3 is 18.9 Å². The molecule has 6 nitrogen and oxygen atoms in total. The minimum Gasteiger partial charge on any atom is -0.463 e. The first-order valence-electron chi connectivity index (χ1n) is 7.41. The lowest BCUT2D eigenvalue weighted by atomic mass is 10.1. The van der Waals surface area contributed by atoms with E-state index >= 15 is 0 Å². The Hall–Kier alpha value is -1.14. The highest BCUT2D eigenvalue weighted by Gasteiger charge is 2.29. The van der Waals surface area contributed by atoms with E-state index in [2.05, 4.69) is 0 Å². The summed E-state index contributed by atoms with van der Waals surface area (Å²) in [5.74, 6) is -0.776. The fraction of sp³-hybridized carbons (Fsp3) is 0.867. The SMILES string of the molecule is CCCOCC(C)COC(=O)C(O[C]=O)C(C)COCC. The van der Waals surface area contributed by atoms with Crippen molar-refractivity contribution in [3.05, 3.63) is 0 Å². The summed E-state index contributed by atoms with van der Waals surface area (Å²) in [6.45, 7) is 11.2. The summed E-state index contributed by atoms with van der Waals surface area (Å²) in [7, 11) is 0. The fourth-order valence-corrected chi connectivity index (χ4v) is 1.62. The molecule has 0 aliphatic carbocycles. The number of ether oxygens (including phenoxy) is 4. The van der Waals surface area contributed by atoms with Crippen LogP contribution in [0.4, 0.5) is 0 Å². The maximum Gasteiger partial charge on any atom is 0.418 e. The molecule has 6 heteroatoms. The van der Waals surface area contributed by atoms with Crippen molar-refractivity contribution < 1.29 is 28.5 Å². The van der Waals surface area contributed by atoms with Crippen LogP contribution in [0, 0.1) is 11.8 Å². The second-order valence-corrected chi connectivity index (χ2v) is 5.07. The largest absolute Gasteiger partial charge is 0.463 e. The maximum absolute atomic E-state index is 11.9. The highest BCUT2D eigenvalue weighted by atomic mass is 16.6. The van der Waals surface area contributed by atoms with E-state index in [0.717, 1.165) is 6.42 Å². The molecule has 3 atom stereocenters. The third-order valence-electron chi connectivity index (χ3n) is 2.77. The van der Waals surface area contributed by atoms with Crippen LogP contribution >= 0.6 is 0 Å². The number of hydrogen-bond acceptors (Lipinski definition) is 6. The van der Waals surface area contributed by atoms with Crippen LogP contribution in [0.2, 0.25) is 0 Å². The summed E-state index contributed by atoms with van der Waals surface area (Å²) >= 11 is 0. The highest BCUT2D eigenvalue weighted by Crippen LogP contribution is 2.11. The monoisotopic (exact) mass is 303 g/mol. The van der Waals surface area contributed by atoms with Gasteiger partial charge in [0.1, 0.15) is 0 Å². The molecular weight excluding hydrogens is 276 g/mol. The number of carbonyl (C=O) groups excluding carboxylic acids is 2. The fourth-order valence-electron chi connectivity index (χ4n) is 1.62. The summed E-state index contributed by atoms with van der Waals surface area (Å²) in [6.07, 6.45) is -0.0372. The normalized spacial score (nSPS) is 15.0. The molecule has 0 amide bonds. The van der Waals surface area contributed by atoms with Gasteiger partial charge in [0, 0.05) is 25.0 Å². The van der Waals surface area contributed by atoms with Gasteiger partial charge in [-0.2, -0.15) is 0 Å². The van der Waals surface area contributed by atoms with Crippen molar-refractivity contribution in [1.82, 2.24) is 0 Å². The minimum absolute atomic E-state index is 0.0866. The predicted molar refractivity (Wildman–Crippen MR) is 77.5 cm³/mol. The Morgan fingerprint density at radius 2 is 1.81 bits per heavy atom. The van der Waals surface area contributed by atoms with Gasteiger partial charge in [-0.1, -0.05) is 20.8 Å². The molecule has 123 valence electrons. The third-order valence-corrected chi connectivity index (χ3v) is 2.77. The summed E-state index contributed by atoms with van der Waals surface area (Å²) in [6, 6.07) is 0. The molecule has 0 N–H and O–H groups in total. The number of esters is 1. The summed E-state index contributed by atoms with van der Waals surface area (Å²) in [5, 5.41) is 0. The molecule has 0 rings (SSSR count). The van der Waals surface area contributed by atoms with Gasteiger partial charge in [-0.15, -0.1) is 0 Å². The lowest BCUT2D eigenvalue weighted by Crippen LogP contribution is -2.36. The first-order chi connectivity index (χ1) is 10.1. The molecule has 0 aromatic heterocycles. The zero-order chi connectivity index (χ0) is 16.1. The van der Waals surface area contributed by atoms with Crippen molar-refractivity contribution in [1.29, 1.82) is 0 Å².